The van der Waals surface area contributed by atoms with E-state index in [0.717, 1.165) is 18.9 Å². The van der Waals surface area contributed by atoms with E-state index < -0.39 is 16.7 Å². The number of rotatable bonds is 7. The lowest BCUT2D eigenvalue weighted by Gasteiger charge is -2.14. The predicted octanol–water partition coefficient (Wildman–Crippen LogP) is 3.28. The van der Waals surface area contributed by atoms with Crippen molar-refractivity contribution in [2.45, 2.75) is 31.8 Å². The second-order valence-corrected chi connectivity index (χ2v) is 6.59. The van der Waals surface area contributed by atoms with Crippen LogP contribution in [0.15, 0.2) is 48.5 Å². The second kappa shape index (κ2) is 8.98. The topological polar surface area (TPSA) is 111 Å². The zero-order valence-corrected chi connectivity index (χ0v) is 15.2. The summed E-state index contributed by atoms with van der Waals surface area (Å²) in [5.74, 6) is -0.265. The quantitative estimate of drug-likeness (QED) is 0.563. The number of hydrogen-bond donors (Lipinski definition) is 2. The minimum Gasteiger partial charge on any atom is -0.490 e. The highest BCUT2D eigenvalue weighted by Crippen LogP contribution is 2.25. The smallest absolute Gasteiger partial charge is 0.270 e. The van der Waals surface area contributed by atoms with Gasteiger partial charge in [-0.25, -0.2) is 0 Å². The van der Waals surface area contributed by atoms with E-state index in [1.165, 1.54) is 31.0 Å². The molecule has 0 unspecified atom stereocenters. The lowest BCUT2D eigenvalue weighted by atomic mass is 10.2. The Hall–Kier alpha value is -3.42. The molecule has 1 aliphatic rings. The van der Waals surface area contributed by atoms with Crippen LogP contribution < -0.4 is 15.4 Å². The molecule has 146 valence electrons. The minimum absolute atomic E-state index is 0.119. The summed E-state index contributed by atoms with van der Waals surface area (Å²) in [6.07, 6.45) is 4.65. The Balaban J connectivity index is 1.52. The van der Waals surface area contributed by atoms with Gasteiger partial charge in [0.15, 0.2) is 0 Å². The summed E-state index contributed by atoms with van der Waals surface area (Å²) in [5.41, 5.74) is 0.509. The Kier molecular flexibility index (Phi) is 6.21. The van der Waals surface area contributed by atoms with Gasteiger partial charge in [-0.05, 0) is 43.9 Å². The van der Waals surface area contributed by atoms with Gasteiger partial charge in [-0.1, -0.05) is 12.1 Å². The summed E-state index contributed by atoms with van der Waals surface area (Å²) >= 11 is 0. The fourth-order valence-corrected chi connectivity index (χ4v) is 3.07. The van der Waals surface area contributed by atoms with Crippen molar-refractivity contribution in [3.05, 3.63) is 64.2 Å². The average molecular weight is 383 g/mol. The molecule has 0 aliphatic heterocycles. The van der Waals surface area contributed by atoms with Crippen molar-refractivity contribution >= 4 is 23.2 Å². The Bertz CT molecular complexity index is 878. The van der Waals surface area contributed by atoms with Crippen molar-refractivity contribution in [2.24, 2.45) is 0 Å². The monoisotopic (exact) mass is 383 g/mol. The number of benzene rings is 2. The molecule has 2 aromatic rings. The van der Waals surface area contributed by atoms with Crippen molar-refractivity contribution in [3.63, 3.8) is 0 Å². The summed E-state index contributed by atoms with van der Waals surface area (Å²) in [6.45, 7) is -0.255. The standard InChI is InChI=1S/C20H21N3O5/c24-19(13-21-20(25)14-5-3-7-16(11-14)23(26)27)22-15-6-4-10-18(12-15)28-17-8-1-2-9-17/h3-7,10-12,17H,1-2,8-9,13H2,(H,21,25)(H,22,24). The van der Waals surface area contributed by atoms with Gasteiger partial charge in [-0.15, -0.1) is 0 Å². The Labute approximate surface area is 162 Å². The van der Waals surface area contributed by atoms with Gasteiger partial charge < -0.3 is 15.4 Å². The van der Waals surface area contributed by atoms with Gasteiger partial charge in [0.05, 0.1) is 17.6 Å². The maximum absolute atomic E-state index is 12.1. The largest absolute Gasteiger partial charge is 0.490 e. The van der Waals surface area contributed by atoms with Crippen LogP contribution in [0.5, 0.6) is 5.75 Å². The van der Waals surface area contributed by atoms with Gasteiger partial charge in [0.25, 0.3) is 11.6 Å². The Morgan fingerprint density at radius 1 is 1.11 bits per heavy atom. The first-order chi connectivity index (χ1) is 13.5. The molecule has 0 bridgehead atoms. The average Bonchev–Trinajstić information content (AvgIpc) is 3.19. The van der Waals surface area contributed by atoms with E-state index in [4.69, 9.17) is 4.74 Å². The van der Waals surface area contributed by atoms with E-state index in [2.05, 4.69) is 10.6 Å². The summed E-state index contributed by atoms with van der Waals surface area (Å²) in [5, 5.41) is 15.9. The lowest BCUT2D eigenvalue weighted by molar-refractivity contribution is -0.384. The van der Waals surface area contributed by atoms with Crippen LogP contribution in [0.25, 0.3) is 0 Å². The number of nitrogens with one attached hydrogen (secondary N) is 2. The number of nitrogens with zero attached hydrogens (tertiary/aromatic N) is 1. The van der Waals surface area contributed by atoms with E-state index in [1.54, 1.807) is 18.2 Å². The highest BCUT2D eigenvalue weighted by Gasteiger charge is 2.17. The number of nitro groups is 1. The van der Waals surface area contributed by atoms with Crippen LogP contribution in [0, 0.1) is 10.1 Å². The molecule has 1 aliphatic carbocycles. The van der Waals surface area contributed by atoms with Crippen molar-refractivity contribution in [2.75, 3.05) is 11.9 Å². The molecule has 1 saturated carbocycles. The van der Waals surface area contributed by atoms with Crippen LogP contribution >= 0.6 is 0 Å². The first-order valence-corrected chi connectivity index (χ1v) is 9.10. The van der Waals surface area contributed by atoms with Gasteiger partial charge in [0.2, 0.25) is 5.91 Å². The van der Waals surface area contributed by atoms with Crippen molar-refractivity contribution in [1.82, 2.24) is 5.32 Å². The number of non-ortho nitro benzene ring substituents is 1. The molecular formula is C20H21N3O5. The number of carbonyl (C=O) groups excluding carboxylic acids is 2. The first kappa shape index (κ1) is 19.3. The van der Waals surface area contributed by atoms with Gasteiger partial charge >= 0.3 is 0 Å². The van der Waals surface area contributed by atoms with Crippen LogP contribution in [-0.4, -0.2) is 29.4 Å². The van der Waals surface area contributed by atoms with Crippen molar-refractivity contribution < 1.29 is 19.2 Å². The molecule has 8 heteroatoms. The van der Waals surface area contributed by atoms with E-state index in [9.17, 15) is 19.7 Å². The van der Waals surface area contributed by atoms with Gasteiger partial charge in [0.1, 0.15) is 5.75 Å². The fourth-order valence-electron chi connectivity index (χ4n) is 3.07. The van der Waals surface area contributed by atoms with Crippen LogP contribution in [0.2, 0.25) is 0 Å². The normalized spacial score (nSPS) is 13.7. The zero-order chi connectivity index (χ0) is 19.9. The van der Waals surface area contributed by atoms with Gasteiger partial charge in [-0.3, -0.25) is 19.7 Å². The highest BCUT2D eigenvalue weighted by molar-refractivity contribution is 5.99. The number of amides is 2. The van der Waals surface area contributed by atoms with E-state index in [-0.39, 0.29) is 23.9 Å². The number of carbonyl (C=O) groups is 2. The predicted molar refractivity (Wildman–Crippen MR) is 103 cm³/mol. The number of hydrogen-bond acceptors (Lipinski definition) is 5. The number of anilines is 1. The van der Waals surface area contributed by atoms with Gasteiger partial charge in [-0.2, -0.15) is 0 Å². The van der Waals surface area contributed by atoms with Crippen LogP contribution in [0.1, 0.15) is 36.0 Å². The summed E-state index contributed by atoms with van der Waals surface area (Å²) in [6, 6.07) is 12.5. The molecule has 0 aromatic heterocycles. The Morgan fingerprint density at radius 2 is 1.86 bits per heavy atom. The molecule has 2 N–H and O–H groups in total. The van der Waals surface area contributed by atoms with Crippen LogP contribution in [0.4, 0.5) is 11.4 Å². The third kappa shape index (κ3) is 5.29. The maximum atomic E-state index is 12.1. The molecule has 8 nitrogen and oxygen atoms in total. The SMILES string of the molecule is O=C(CNC(=O)c1cccc([N+](=O)[O-])c1)Nc1cccc(OC2CCCC2)c1. The molecule has 1 fully saturated rings. The van der Waals surface area contributed by atoms with Crippen LogP contribution in [0.3, 0.4) is 0 Å². The molecule has 0 saturated heterocycles. The Morgan fingerprint density at radius 3 is 2.61 bits per heavy atom. The molecule has 28 heavy (non-hydrogen) atoms. The molecule has 0 atom stereocenters. The third-order valence-electron chi connectivity index (χ3n) is 4.45. The molecule has 0 radical (unpaired) electrons. The summed E-state index contributed by atoms with van der Waals surface area (Å²) in [7, 11) is 0. The number of ether oxygens (including phenoxy) is 1. The van der Waals surface area contributed by atoms with Crippen molar-refractivity contribution in [3.8, 4) is 5.75 Å². The van der Waals surface area contributed by atoms with E-state index in [1.807, 2.05) is 6.07 Å². The molecular weight excluding hydrogens is 362 g/mol. The maximum Gasteiger partial charge on any atom is 0.270 e. The minimum atomic E-state index is -0.579. The first-order valence-electron chi connectivity index (χ1n) is 9.10. The molecule has 2 amide bonds. The molecule has 2 aromatic carbocycles. The summed E-state index contributed by atoms with van der Waals surface area (Å²) in [4.78, 5) is 34.4. The molecule has 3 rings (SSSR count). The zero-order valence-electron chi connectivity index (χ0n) is 15.2. The van der Waals surface area contributed by atoms with Gasteiger partial charge in [0, 0.05) is 29.4 Å². The van der Waals surface area contributed by atoms with Crippen LogP contribution in [-0.2, 0) is 4.79 Å². The summed E-state index contributed by atoms with van der Waals surface area (Å²) < 4.78 is 5.91. The van der Waals surface area contributed by atoms with Crippen molar-refractivity contribution in [1.29, 1.82) is 0 Å². The third-order valence-corrected chi connectivity index (χ3v) is 4.45. The molecule has 0 heterocycles. The van der Waals surface area contributed by atoms with E-state index in [0.29, 0.717) is 11.4 Å². The fraction of sp³-hybridized carbons (Fsp3) is 0.300. The second-order valence-electron chi connectivity index (χ2n) is 6.59. The highest BCUT2D eigenvalue weighted by atomic mass is 16.6. The lowest BCUT2D eigenvalue weighted by Crippen LogP contribution is -2.32. The molecule has 0 spiro atoms. The number of nitro benzene ring substituents is 1. The van der Waals surface area contributed by atoms with E-state index >= 15 is 0 Å².